The third-order valence-electron chi connectivity index (χ3n) is 7.19. The summed E-state index contributed by atoms with van der Waals surface area (Å²) in [5.74, 6) is -0.608. The van der Waals surface area contributed by atoms with Gasteiger partial charge in [-0.1, -0.05) is 54.8 Å². The Morgan fingerprint density at radius 3 is 2.67 bits per heavy atom. The van der Waals surface area contributed by atoms with E-state index in [0.29, 0.717) is 35.0 Å². The summed E-state index contributed by atoms with van der Waals surface area (Å²) in [5, 5.41) is 3.95. The summed E-state index contributed by atoms with van der Waals surface area (Å²) in [4.78, 5) is 17.6. The lowest BCUT2D eigenvalue weighted by Gasteiger charge is -2.24. The average molecular weight is 544 g/mol. The number of aromatic nitrogens is 1. The van der Waals surface area contributed by atoms with Crippen molar-refractivity contribution in [2.75, 3.05) is 17.7 Å². The molecule has 0 amide bonds. The van der Waals surface area contributed by atoms with Gasteiger partial charge in [-0.3, -0.25) is 4.98 Å². The molecule has 0 radical (unpaired) electrons. The van der Waals surface area contributed by atoms with Gasteiger partial charge in [0.25, 0.3) is 0 Å². The molecule has 2 heterocycles. The SMILES string of the molecule is CCOC(=O)C1CCCCC(c2ccc(-c3cc(Cl)ccc3N)cn2)c2cccc(c2)-c2cc(F)ccc2N1. The molecule has 0 spiro atoms. The lowest BCUT2D eigenvalue weighted by Crippen LogP contribution is -2.31. The van der Waals surface area contributed by atoms with E-state index in [1.807, 2.05) is 36.5 Å². The molecular weight excluding hydrogens is 513 g/mol. The second-order valence-corrected chi connectivity index (χ2v) is 10.2. The number of benzene rings is 3. The van der Waals surface area contributed by atoms with Crippen LogP contribution in [0.1, 0.15) is 49.8 Å². The zero-order valence-corrected chi connectivity index (χ0v) is 22.5. The highest BCUT2D eigenvalue weighted by molar-refractivity contribution is 6.31. The smallest absolute Gasteiger partial charge is 0.328 e. The number of carbonyl (C=O) groups is 1. The van der Waals surface area contributed by atoms with Gasteiger partial charge in [-0.05, 0) is 73.4 Å². The van der Waals surface area contributed by atoms with E-state index in [9.17, 15) is 9.18 Å². The normalized spacial score (nSPS) is 17.2. The Morgan fingerprint density at radius 2 is 1.87 bits per heavy atom. The number of rotatable bonds is 4. The molecule has 5 rings (SSSR count). The first kappa shape index (κ1) is 26.7. The molecule has 39 heavy (non-hydrogen) atoms. The van der Waals surface area contributed by atoms with Crippen LogP contribution in [0.4, 0.5) is 15.8 Å². The summed E-state index contributed by atoms with van der Waals surface area (Å²) < 4.78 is 19.8. The Labute approximate surface area is 233 Å². The molecule has 0 aliphatic carbocycles. The largest absolute Gasteiger partial charge is 0.464 e. The molecule has 2 bridgehead atoms. The predicted molar refractivity (Wildman–Crippen MR) is 155 cm³/mol. The van der Waals surface area contributed by atoms with Crippen molar-refractivity contribution in [1.82, 2.24) is 4.98 Å². The van der Waals surface area contributed by atoms with Gasteiger partial charge in [0.15, 0.2) is 0 Å². The second kappa shape index (κ2) is 11.9. The van der Waals surface area contributed by atoms with Crippen molar-refractivity contribution in [2.45, 2.75) is 44.6 Å². The van der Waals surface area contributed by atoms with E-state index in [-0.39, 0.29) is 17.7 Å². The standard InChI is InChI=1S/C32H31ClFN3O2/c1-2-39-32(38)31-9-4-3-8-25(29-14-10-22(19-36-29)26-17-23(33)11-13-28(26)35)20-6-5-7-21(16-20)27-18-24(34)12-15-30(27)37-31/h5-7,10-19,25,31,37H,2-4,8-9,35H2,1H3. The van der Waals surface area contributed by atoms with E-state index in [4.69, 9.17) is 27.1 Å². The zero-order chi connectivity index (χ0) is 27.4. The molecule has 7 heteroatoms. The molecule has 3 aromatic carbocycles. The second-order valence-electron chi connectivity index (χ2n) is 9.80. The van der Waals surface area contributed by atoms with Crippen LogP contribution >= 0.6 is 11.6 Å². The van der Waals surface area contributed by atoms with Crippen molar-refractivity contribution >= 4 is 28.9 Å². The maximum Gasteiger partial charge on any atom is 0.328 e. The van der Waals surface area contributed by atoms with Crippen LogP contribution in [0.2, 0.25) is 5.02 Å². The summed E-state index contributed by atoms with van der Waals surface area (Å²) in [7, 11) is 0. The predicted octanol–water partition coefficient (Wildman–Crippen LogP) is 7.84. The minimum Gasteiger partial charge on any atom is -0.464 e. The number of nitrogens with one attached hydrogen (secondary N) is 1. The number of carbonyl (C=O) groups excluding carboxylic acids is 1. The monoisotopic (exact) mass is 543 g/mol. The van der Waals surface area contributed by atoms with E-state index in [2.05, 4.69) is 17.4 Å². The summed E-state index contributed by atoms with van der Waals surface area (Å²) in [6.07, 6.45) is 5.01. The Balaban J connectivity index is 1.53. The number of hydrogen-bond acceptors (Lipinski definition) is 5. The van der Waals surface area contributed by atoms with Crippen LogP contribution < -0.4 is 11.1 Å². The van der Waals surface area contributed by atoms with Crippen molar-refractivity contribution in [3.63, 3.8) is 0 Å². The zero-order valence-electron chi connectivity index (χ0n) is 21.8. The molecular formula is C32H31ClFN3O2. The third kappa shape index (κ3) is 6.07. The van der Waals surface area contributed by atoms with Gasteiger partial charge in [0, 0.05) is 50.9 Å². The highest BCUT2D eigenvalue weighted by atomic mass is 35.5. The first-order valence-electron chi connectivity index (χ1n) is 13.3. The number of anilines is 2. The molecule has 5 nitrogen and oxygen atoms in total. The van der Waals surface area contributed by atoms with Gasteiger partial charge in [-0.25, -0.2) is 9.18 Å². The minimum absolute atomic E-state index is 0.0288. The minimum atomic E-state index is -0.518. The fourth-order valence-corrected chi connectivity index (χ4v) is 5.39. The summed E-state index contributed by atoms with van der Waals surface area (Å²) in [6, 6.07) is 21.7. The lowest BCUT2D eigenvalue weighted by atomic mass is 9.87. The highest BCUT2D eigenvalue weighted by Gasteiger charge is 2.24. The first-order valence-corrected chi connectivity index (χ1v) is 13.6. The van der Waals surface area contributed by atoms with Crippen LogP contribution in [0.5, 0.6) is 0 Å². The van der Waals surface area contributed by atoms with Crippen LogP contribution in [-0.4, -0.2) is 23.6 Å². The Morgan fingerprint density at radius 1 is 1.03 bits per heavy atom. The molecule has 200 valence electrons. The van der Waals surface area contributed by atoms with Crippen LogP contribution in [0.3, 0.4) is 0 Å². The third-order valence-corrected chi connectivity index (χ3v) is 7.42. The summed E-state index contributed by atoms with van der Waals surface area (Å²) in [6.45, 7) is 2.10. The number of ether oxygens (including phenoxy) is 1. The number of nitrogens with two attached hydrogens (primary N) is 1. The highest BCUT2D eigenvalue weighted by Crippen LogP contribution is 2.37. The average Bonchev–Trinajstić information content (AvgIpc) is 2.94. The topological polar surface area (TPSA) is 77.2 Å². The van der Waals surface area contributed by atoms with Crippen LogP contribution in [0.25, 0.3) is 22.3 Å². The van der Waals surface area contributed by atoms with Gasteiger partial charge in [-0.2, -0.15) is 0 Å². The van der Waals surface area contributed by atoms with Crippen molar-refractivity contribution in [3.8, 4) is 22.3 Å². The molecule has 3 N–H and O–H groups in total. The van der Waals surface area contributed by atoms with Gasteiger partial charge >= 0.3 is 5.97 Å². The molecule has 0 saturated heterocycles. The van der Waals surface area contributed by atoms with E-state index in [1.165, 1.54) is 12.1 Å². The molecule has 2 atom stereocenters. The van der Waals surface area contributed by atoms with Gasteiger partial charge in [-0.15, -0.1) is 0 Å². The number of nitrogens with zero attached hydrogens (tertiary/aromatic N) is 1. The number of nitrogen functional groups attached to an aromatic ring is 1. The quantitative estimate of drug-likeness (QED) is 0.202. The van der Waals surface area contributed by atoms with Crippen molar-refractivity contribution in [2.24, 2.45) is 0 Å². The Kier molecular flexibility index (Phi) is 8.13. The van der Waals surface area contributed by atoms with Crippen molar-refractivity contribution < 1.29 is 13.9 Å². The molecule has 1 aliphatic heterocycles. The van der Waals surface area contributed by atoms with Crippen LogP contribution in [0, 0.1) is 5.82 Å². The molecule has 1 aromatic heterocycles. The van der Waals surface area contributed by atoms with Crippen LogP contribution in [-0.2, 0) is 9.53 Å². The van der Waals surface area contributed by atoms with E-state index >= 15 is 0 Å². The summed E-state index contributed by atoms with van der Waals surface area (Å²) in [5.41, 5.74) is 12.9. The van der Waals surface area contributed by atoms with Gasteiger partial charge < -0.3 is 15.8 Å². The fraction of sp³-hybridized carbons (Fsp3) is 0.250. The fourth-order valence-electron chi connectivity index (χ4n) is 5.22. The first-order chi connectivity index (χ1) is 18.9. The molecule has 0 fully saturated rings. The number of halogens is 2. The van der Waals surface area contributed by atoms with Gasteiger partial charge in [0.1, 0.15) is 11.9 Å². The number of hydrogen-bond donors (Lipinski definition) is 2. The summed E-state index contributed by atoms with van der Waals surface area (Å²) >= 11 is 6.20. The van der Waals surface area contributed by atoms with Gasteiger partial charge in [0.05, 0.1) is 6.61 Å². The van der Waals surface area contributed by atoms with E-state index in [1.54, 1.807) is 25.1 Å². The molecule has 4 aromatic rings. The van der Waals surface area contributed by atoms with Crippen molar-refractivity contribution in [3.05, 3.63) is 101 Å². The Bertz CT molecular complexity index is 1470. The van der Waals surface area contributed by atoms with Crippen LogP contribution in [0.15, 0.2) is 79.0 Å². The lowest BCUT2D eigenvalue weighted by molar-refractivity contribution is -0.144. The number of pyridine rings is 1. The number of esters is 1. The molecule has 2 unspecified atom stereocenters. The molecule has 1 aliphatic rings. The maximum atomic E-state index is 14.4. The number of fused-ring (bicyclic) bond motifs is 4. The Hall–Kier alpha value is -3.90. The van der Waals surface area contributed by atoms with E-state index in [0.717, 1.165) is 47.2 Å². The van der Waals surface area contributed by atoms with Crippen molar-refractivity contribution in [1.29, 1.82) is 0 Å². The van der Waals surface area contributed by atoms with E-state index < -0.39 is 6.04 Å². The van der Waals surface area contributed by atoms with Gasteiger partial charge in [0.2, 0.25) is 0 Å². The maximum absolute atomic E-state index is 14.4. The molecule has 0 saturated carbocycles.